The summed E-state index contributed by atoms with van der Waals surface area (Å²) >= 11 is 0. The topological polar surface area (TPSA) is 38.5 Å². The van der Waals surface area contributed by atoms with Gasteiger partial charge < -0.3 is 15.4 Å². The molecule has 0 amide bonds. The molecule has 0 atom stereocenters. The lowest BCUT2D eigenvalue weighted by molar-refractivity contribution is 0.223. The average Bonchev–Trinajstić information content (AvgIpc) is 2.31. The van der Waals surface area contributed by atoms with Gasteiger partial charge in [-0.1, -0.05) is 13.8 Å². The van der Waals surface area contributed by atoms with Gasteiger partial charge in [-0.25, -0.2) is 0 Å². The van der Waals surface area contributed by atoms with Gasteiger partial charge in [0.1, 0.15) is 12.4 Å². The van der Waals surface area contributed by atoms with Crippen molar-refractivity contribution in [1.82, 2.24) is 4.90 Å². The van der Waals surface area contributed by atoms with Crippen LogP contribution in [-0.2, 0) is 0 Å². The molecule has 0 aliphatic heterocycles. The van der Waals surface area contributed by atoms with Crippen LogP contribution in [-0.4, -0.2) is 31.1 Å². The molecule has 3 nitrogen and oxygen atoms in total. The van der Waals surface area contributed by atoms with Gasteiger partial charge >= 0.3 is 0 Å². The number of ether oxygens (including phenoxy) is 1. The molecule has 0 saturated heterocycles. The van der Waals surface area contributed by atoms with Gasteiger partial charge in [-0.2, -0.15) is 0 Å². The molecule has 0 heterocycles. The molecule has 0 aliphatic rings. The summed E-state index contributed by atoms with van der Waals surface area (Å²) in [4.78, 5) is 2.33. The summed E-state index contributed by atoms with van der Waals surface area (Å²) in [5, 5.41) is 0. The number of nitrogen functional groups attached to an aromatic ring is 1. The van der Waals surface area contributed by atoms with E-state index in [9.17, 15) is 0 Å². The van der Waals surface area contributed by atoms with E-state index in [-0.39, 0.29) is 0 Å². The van der Waals surface area contributed by atoms with Gasteiger partial charge in [0.25, 0.3) is 0 Å². The third-order valence-electron chi connectivity index (χ3n) is 3.19. The molecule has 96 valence electrons. The van der Waals surface area contributed by atoms with Crippen LogP contribution < -0.4 is 10.5 Å². The van der Waals surface area contributed by atoms with Gasteiger partial charge in [0.05, 0.1) is 5.69 Å². The first-order valence-corrected chi connectivity index (χ1v) is 6.30. The highest BCUT2D eigenvalue weighted by Gasteiger charge is 2.04. The van der Waals surface area contributed by atoms with E-state index in [2.05, 4.69) is 32.6 Å². The van der Waals surface area contributed by atoms with Crippen LogP contribution in [0.4, 0.5) is 5.69 Å². The van der Waals surface area contributed by atoms with E-state index in [1.54, 1.807) is 0 Å². The number of nitrogens with two attached hydrogens (primary N) is 1. The van der Waals surface area contributed by atoms with Crippen LogP contribution in [0.25, 0.3) is 0 Å². The Balaban J connectivity index is 2.55. The van der Waals surface area contributed by atoms with Crippen molar-refractivity contribution < 1.29 is 4.74 Å². The van der Waals surface area contributed by atoms with Crippen LogP contribution in [0.3, 0.4) is 0 Å². The maximum Gasteiger partial charge on any atom is 0.142 e. The Kier molecular flexibility index (Phi) is 5.29. The lowest BCUT2D eigenvalue weighted by Gasteiger charge is -2.18. The van der Waals surface area contributed by atoms with Crippen LogP contribution in [0.2, 0.25) is 0 Å². The summed E-state index contributed by atoms with van der Waals surface area (Å²) in [6.45, 7) is 12.2. The zero-order valence-electron chi connectivity index (χ0n) is 11.4. The highest BCUT2D eigenvalue weighted by molar-refractivity contribution is 5.56. The summed E-state index contributed by atoms with van der Waals surface area (Å²) < 4.78 is 5.74. The van der Waals surface area contributed by atoms with Crippen molar-refractivity contribution in [3.63, 3.8) is 0 Å². The standard InChI is InChI=1S/C14H24N2O/c1-5-16(6-2)7-8-17-14-10-12(4)11(3)9-13(14)15/h9-10H,5-8,15H2,1-4H3. The van der Waals surface area contributed by atoms with Gasteiger partial charge in [0.2, 0.25) is 0 Å². The van der Waals surface area contributed by atoms with Gasteiger partial charge in [-0.15, -0.1) is 0 Å². The smallest absolute Gasteiger partial charge is 0.142 e. The Labute approximate surface area is 105 Å². The third-order valence-corrected chi connectivity index (χ3v) is 3.19. The Morgan fingerprint density at radius 3 is 2.29 bits per heavy atom. The first-order valence-electron chi connectivity index (χ1n) is 6.30. The molecule has 2 N–H and O–H groups in total. The Morgan fingerprint density at radius 1 is 1.12 bits per heavy atom. The number of rotatable bonds is 6. The molecule has 0 bridgehead atoms. The molecule has 0 unspecified atom stereocenters. The number of nitrogens with zero attached hydrogens (tertiary/aromatic N) is 1. The van der Waals surface area contributed by atoms with E-state index in [4.69, 9.17) is 10.5 Å². The summed E-state index contributed by atoms with van der Waals surface area (Å²) in [5.74, 6) is 0.806. The molecule has 1 aromatic carbocycles. The van der Waals surface area contributed by atoms with E-state index in [1.807, 2.05) is 12.1 Å². The zero-order valence-corrected chi connectivity index (χ0v) is 11.4. The largest absolute Gasteiger partial charge is 0.490 e. The van der Waals surface area contributed by atoms with Gasteiger partial charge in [0.15, 0.2) is 0 Å². The Morgan fingerprint density at radius 2 is 1.71 bits per heavy atom. The maximum absolute atomic E-state index is 5.93. The highest BCUT2D eigenvalue weighted by atomic mass is 16.5. The van der Waals surface area contributed by atoms with Crippen molar-refractivity contribution in [3.8, 4) is 5.75 Å². The molecule has 17 heavy (non-hydrogen) atoms. The van der Waals surface area contributed by atoms with Gasteiger partial charge in [-0.3, -0.25) is 0 Å². The monoisotopic (exact) mass is 236 g/mol. The average molecular weight is 236 g/mol. The zero-order chi connectivity index (χ0) is 12.8. The van der Waals surface area contributed by atoms with Crippen molar-refractivity contribution in [3.05, 3.63) is 23.3 Å². The number of benzene rings is 1. The molecule has 1 aromatic rings. The molecule has 3 heteroatoms. The van der Waals surface area contributed by atoms with E-state index in [0.29, 0.717) is 6.61 Å². The first kappa shape index (κ1) is 13.8. The Hall–Kier alpha value is -1.22. The second-order valence-electron chi connectivity index (χ2n) is 4.35. The number of likely N-dealkylation sites (N-methyl/N-ethyl adjacent to an activating group) is 1. The van der Waals surface area contributed by atoms with E-state index in [0.717, 1.165) is 31.1 Å². The summed E-state index contributed by atoms with van der Waals surface area (Å²) in [7, 11) is 0. The second kappa shape index (κ2) is 6.50. The molecule has 0 aliphatic carbocycles. The fraction of sp³-hybridized carbons (Fsp3) is 0.571. The number of anilines is 1. The molecule has 0 spiro atoms. The number of hydrogen-bond acceptors (Lipinski definition) is 3. The molecule has 0 saturated carbocycles. The summed E-state index contributed by atoms with van der Waals surface area (Å²) in [6.07, 6.45) is 0. The molecule has 0 fully saturated rings. The predicted molar refractivity (Wildman–Crippen MR) is 73.6 cm³/mol. The van der Waals surface area contributed by atoms with Gasteiger partial charge in [0, 0.05) is 6.54 Å². The summed E-state index contributed by atoms with van der Waals surface area (Å²) in [6, 6.07) is 4.00. The van der Waals surface area contributed by atoms with Crippen LogP contribution in [0.15, 0.2) is 12.1 Å². The van der Waals surface area contributed by atoms with Crippen LogP contribution in [0.1, 0.15) is 25.0 Å². The van der Waals surface area contributed by atoms with Crippen molar-refractivity contribution in [1.29, 1.82) is 0 Å². The summed E-state index contributed by atoms with van der Waals surface area (Å²) in [5.41, 5.74) is 9.09. The molecule has 1 rings (SSSR count). The quantitative estimate of drug-likeness (QED) is 0.772. The van der Waals surface area contributed by atoms with Crippen molar-refractivity contribution in [2.45, 2.75) is 27.7 Å². The number of aryl methyl sites for hydroxylation is 2. The van der Waals surface area contributed by atoms with Crippen LogP contribution in [0, 0.1) is 13.8 Å². The van der Waals surface area contributed by atoms with E-state index < -0.39 is 0 Å². The highest BCUT2D eigenvalue weighted by Crippen LogP contribution is 2.25. The minimum absolute atomic E-state index is 0.689. The Bertz CT molecular complexity index is 359. The lowest BCUT2D eigenvalue weighted by Crippen LogP contribution is -2.28. The van der Waals surface area contributed by atoms with Crippen molar-refractivity contribution >= 4 is 5.69 Å². The molecular formula is C14H24N2O. The van der Waals surface area contributed by atoms with Gasteiger partial charge in [-0.05, 0) is 50.2 Å². The predicted octanol–water partition coefficient (Wildman–Crippen LogP) is 2.61. The van der Waals surface area contributed by atoms with Crippen LogP contribution in [0.5, 0.6) is 5.75 Å². The second-order valence-corrected chi connectivity index (χ2v) is 4.35. The van der Waals surface area contributed by atoms with Crippen LogP contribution >= 0.6 is 0 Å². The minimum atomic E-state index is 0.689. The number of hydrogen-bond donors (Lipinski definition) is 1. The fourth-order valence-electron chi connectivity index (χ4n) is 1.76. The molecular weight excluding hydrogens is 212 g/mol. The third kappa shape index (κ3) is 3.93. The van der Waals surface area contributed by atoms with Crippen molar-refractivity contribution in [2.75, 3.05) is 32.0 Å². The normalized spacial score (nSPS) is 10.9. The molecule has 0 aromatic heterocycles. The van der Waals surface area contributed by atoms with E-state index >= 15 is 0 Å². The SMILES string of the molecule is CCN(CC)CCOc1cc(C)c(C)cc1N. The minimum Gasteiger partial charge on any atom is -0.490 e. The fourth-order valence-corrected chi connectivity index (χ4v) is 1.76. The lowest BCUT2D eigenvalue weighted by atomic mass is 10.1. The van der Waals surface area contributed by atoms with E-state index in [1.165, 1.54) is 11.1 Å². The maximum atomic E-state index is 5.93. The molecule has 0 radical (unpaired) electrons. The van der Waals surface area contributed by atoms with Crippen molar-refractivity contribution in [2.24, 2.45) is 0 Å². The first-order chi connectivity index (χ1) is 8.08.